The summed E-state index contributed by atoms with van der Waals surface area (Å²) in [5.41, 5.74) is 8.25. The van der Waals surface area contributed by atoms with Crippen molar-refractivity contribution in [3.05, 3.63) is 59.7 Å². The quantitative estimate of drug-likeness (QED) is 0.850. The molecule has 1 unspecified atom stereocenters. The number of aromatic nitrogens is 1. The van der Waals surface area contributed by atoms with E-state index in [9.17, 15) is 4.39 Å². The normalized spacial score (nSPS) is 12.3. The SMILES string of the molecule is CCCNC(Cc1cnccc1N)c1ccccc1F. The molecule has 0 aliphatic rings. The van der Waals surface area contributed by atoms with Crippen molar-refractivity contribution in [3.63, 3.8) is 0 Å². The smallest absolute Gasteiger partial charge is 0.127 e. The van der Waals surface area contributed by atoms with Crippen LogP contribution in [0.25, 0.3) is 0 Å². The number of nitrogen functional groups attached to an aromatic ring is 1. The molecule has 106 valence electrons. The first kappa shape index (κ1) is 14.5. The van der Waals surface area contributed by atoms with Crippen molar-refractivity contribution < 1.29 is 4.39 Å². The fourth-order valence-electron chi connectivity index (χ4n) is 2.20. The Labute approximate surface area is 119 Å². The molecule has 0 radical (unpaired) electrons. The van der Waals surface area contributed by atoms with Crippen molar-refractivity contribution in [2.75, 3.05) is 12.3 Å². The lowest BCUT2D eigenvalue weighted by Crippen LogP contribution is -2.25. The molecule has 0 saturated heterocycles. The summed E-state index contributed by atoms with van der Waals surface area (Å²) < 4.78 is 14.0. The van der Waals surface area contributed by atoms with Gasteiger partial charge in [-0.05, 0) is 37.1 Å². The molecule has 2 rings (SSSR count). The van der Waals surface area contributed by atoms with Crippen LogP contribution in [0.2, 0.25) is 0 Å². The molecule has 1 aromatic carbocycles. The Morgan fingerprint density at radius 3 is 2.80 bits per heavy atom. The van der Waals surface area contributed by atoms with Gasteiger partial charge in [-0.3, -0.25) is 4.98 Å². The summed E-state index contributed by atoms with van der Waals surface area (Å²) in [6, 6.07) is 8.54. The molecule has 0 bridgehead atoms. The second-order valence-corrected chi connectivity index (χ2v) is 4.81. The molecule has 1 aromatic heterocycles. The van der Waals surface area contributed by atoms with E-state index in [0.29, 0.717) is 17.7 Å². The average Bonchev–Trinajstić information content (AvgIpc) is 2.46. The topological polar surface area (TPSA) is 50.9 Å². The Balaban J connectivity index is 2.24. The zero-order valence-electron chi connectivity index (χ0n) is 11.6. The van der Waals surface area contributed by atoms with Gasteiger partial charge in [0.1, 0.15) is 5.82 Å². The van der Waals surface area contributed by atoms with Gasteiger partial charge in [-0.15, -0.1) is 0 Å². The highest BCUT2D eigenvalue weighted by atomic mass is 19.1. The molecule has 0 fully saturated rings. The largest absolute Gasteiger partial charge is 0.398 e. The second-order valence-electron chi connectivity index (χ2n) is 4.81. The number of rotatable bonds is 6. The van der Waals surface area contributed by atoms with E-state index in [1.165, 1.54) is 6.07 Å². The minimum absolute atomic E-state index is 0.0948. The number of nitrogens with one attached hydrogen (secondary N) is 1. The van der Waals surface area contributed by atoms with Gasteiger partial charge in [0.2, 0.25) is 0 Å². The maximum absolute atomic E-state index is 14.0. The van der Waals surface area contributed by atoms with Crippen molar-refractivity contribution in [2.24, 2.45) is 0 Å². The lowest BCUT2D eigenvalue weighted by Gasteiger charge is -2.20. The Bertz CT molecular complexity index is 557. The monoisotopic (exact) mass is 273 g/mol. The fraction of sp³-hybridized carbons (Fsp3) is 0.312. The predicted octanol–water partition coefficient (Wildman–Crippen LogP) is 3.09. The van der Waals surface area contributed by atoms with Crippen molar-refractivity contribution >= 4 is 5.69 Å². The number of hydrogen-bond donors (Lipinski definition) is 2. The molecule has 0 aliphatic carbocycles. The number of nitrogens with zero attached hydrogens (tertiary/aromatic N) is 1. The van der Waals surface area contributed by atoms with Gasteiger partial charge in [-0.25, -0.2) is 4.39 Å². The summed E-state index contributed by atoms with van der Waals surface area (Å²) in [7, 11) is 0. The van der Waals surface area contributed by atoms with Crippen LogP contribution in [0.1, 0.15) is 30.5 Å². The van der Waals surface area contributed by atoms with Crippen LogP contribution in [-0.4, -0.2) is 11.5 Å². The standard InChI is InChI=1S/C16H20FN3/c1-2-8-20-16(13-5-3-4-6-14(13)17)10-12-11-19-9-7-15(12)18/h3-7,9,11,16,20H,2,8,10H2,1H3,(H2,18,19). The van der Waals surface area contributed by atoms with Crippen molar-refractivity contribution in [2.45, 2.75) is 25.8 Å². The number of anilines is 1. The highest BCUT2D eigenvalue weighted by Gasteiger charge is 2.16. The maximum Gasteiger partial charge on any atom is 0.127 e. The third-order valence-corrected chi connectivity index (χ3v) is 3.29. The van der Waals surface area contributed by atoms with Crippen LogP contribution in [0.4, 0.5) is 10.1 Å². The van der Waals surface area contributed by atoms with E-state index >= 15 is 0 Å². The number of halogens is 1. The highest BCUT2D eigenvalue weighted by Crippen LogP contribution is 2.23. The summed E-state index contributed by atoms with van der Waals surface area (Å²) in [5.74, 6) is -0.191. The van der Waals surface area contributed by atoms with Gasteiger partial charge in [0.15, 0.2) is 0 Å². The Kier molecular flexibility index (Phi) is 5.07. The third-order valence-electron chi connectivity index (χ3n) is 3.29. The third kappa shape index (κ3) is 3.54. The van der Waals surface area contributed by atoms with Crippen molar-refractivity contribution in [1.82, 2.24) is 10.3 Å². The van der Waals surface area contributed by atoms with Crippen LogP contribution < -0.4 is 11.1 Å². The van der Waals surface area contributed by atoms with Crippen molar-refractivity contribution in [3.8, 4) is 0 Å². The molecule has 20 heavy (non-hydrogen) atoms. The van der Waals surface area contributed by atoms with Gasteiger partial charge >= 0.3 is 0 Å². The first-order chi connectivity index (χ1) is 9.72. The zero-order valence-corrected chi connectivity index (χ0v) is 11.6. The minimum Gasteiger partial charge on any atom is -0.398 e. The van der Waals surface area contributed by atoms with E-state index in [2.05, 4.69) is 17.2 Å². The number of nitrogens with two attached hydrogens (primary N) is 1. The van der Waals surface area contributed by atoms with Crippen LogP contribution in [0, 0.1) is 5.82 Å². The molecule has 0 saturated carbocycles. The van der Waals surface area contributed by atoms with Gasteiger partial charge in [0, 0.05) is 29.7 Å². The van der Waals surface area contributed by atoms with Crippen LogP contribution >= 0.6 is 0 Å². The second kappa shape index (κ2) is 7.01. The number of pyridine rings is 1. The molecule has 0 aliphatic heterocycles. The lowest BCUT2D eigenvalue weighted by molar-refractivity contribution is 0.497. The molecule has 2 aromatic rings. The minimum atomic E-state index is -0.191. The van der Waals surface area contributed by atoms with Crippen molar-refractivity contribution in [1.29, 1.82) is 0 Å². The van der Waals surface area contributed by atoms with Crippen LogP contribution in [0.15, 0.2) is 42.7 Å². The number of hydrogen-bond acceptors (Lipinski definition) is 3. The van der Waals surface area contributed by atoms with Crippen LogP contribution in [-0.2, 0) is 6.42 Å². The van der Waals surface area contributed by atoms with Gasteiger partial charge in [-0.1, -0.05) is 25.1 Å². The van der Waals surface area contributed by atoms with E-state index in [-0.39, 0.29) is 11.9 Å². The van der Waals surface area contributed by atoms with Gasteiger partial charge in [0.05, 0.1) is 0 Å². The molecular weight excluding hydrogens is 253 g/mol. The molecule has 4 heteroatoms. The Morgan fingerprint density at radius 2 is 2.10 bits per heavy atom. The molecular formula is C16H20FN3. The maximum atomic E-state index is 14.0. The highest BCUT2D eigenvalue weighted by molar-refractivity contribution is 5.45. The fourth-order valence-corrected chi connectivity index (χ4v) is 2.20. The molecule has 1 heterocycles. The van der Waals surface area contributed by atoms with Gasteiger partial charge in [-0.2, -0.15) is 0 Å². The lowest BCUT2D eigenvalue weighted by atomic mass is 9.98. The summed E-state index contributed by atoms with van der Waals surface area (Å²) >= 11 is 0. The predicted molar refractivity (Wildman–Crippen MR) is 79.8 cm³/mol. The average molecular weight is 273 g/mol. The van der Waals surface area contributed by atoms with Gasteiger partial charge in [0.25, 0.3) is 0 Å². The van der Waals surface area contributed by atoms with Crippen LogP contribution in [0.5, 0.6) is 0 Å². The molecule has 1 atom stereocenters. The summed E-state index contributed by atoms with van der Waals surface area (Å²) in [5, 5.41) is 3.38. The Morgan fingerprint density at radius 1 is 1.30 bits per heavy atom. The molecule has 0 amide bonds. The zero-order chi connectivity index (χ0) is 14.4. The van der Waals surface area contributed by atoms with E-state index in [4.69, 9.17) is 5.73 Å². The van der Waals surface area contributed by atoms with E-state index in [1.54, 1.807) is 24.5 Å². The summed E-state index contributed by atoms with van der Waals surface area (Å²) in [6.45, 7) is 2.92. The summed E-state index contributed by atoms with van der Waals surface area (Å²) in [6.07, 6.45) is 5.03. The first-order valence-electron chi connectivity index (χ1n) is 6.88. The van der Waals surface area contributed by atoms with Crippen LogP contribution in [0.3, 0.4) is 0 Å². The van der Waals surface area contributed by atoms with E-state index in [0.717, 1.165) is 18.5 Å². The van der Waals surface area contributed by atoms with Gasteiger partial charge < -0.3 is 11.1 Å². The molecule has 0 spiro atoms. The number of benzene rings is 1. The molecule has 3 nitrogen and oxygen atoms in total. The molecule has 3 N–H and O–H groups in total. The first-order valence-corrected chi connectivity index (χ1v) is 6.88. The summed E-state index contributed by atoms with van der Waals surface area (Å²) in [4.78, 5) is 4.09. The van der Waals surface area contributed by atoms with E-state index < -0.39 is 0 Å². The Hall–Kier alpha value is -1.94. The van der Waals surface area contributed by atoms with E-state index in [1.807, 2.05) is 12.1 Å².